The van der Waals surface area contributed by atoms with Gasteiger partial charge in [-0.1, -0.05) is 26.0 Å². The van der Waals surface area contributed by atoms with Gasteiger partial charge in [0.1, 0.15) is 5.75 Å². The minimum Gasteiger partial charge on any atom is -0.494 e. The Morgan fingerprint density at radius 1 is 0.897 bits per heavy atom. The predicted molar refractivity (Wildman–Crippen MR) is 109 cm³/mol. The van der Waals surface area contributed by atoms with E-state index in [1.54, 1.807) is 38.1 Å². The number of hydrogen-bond donors (Lipinski definition) is 2. The van der Waals surface area contributed by atoms with Crippen LogP contribution in [0.3, 0.4) is 0 Å². The highest BCUT2D eigenvalue weighted by Crippen LogP contribution is 2.17. The first-order valence-electron chi connectivity index (χ1n) is 9.27. The van der Waals surface area contributed by atoms with Crippen molar-refractivity contribution in [3.8, 4) is 5.75 Å². The number of carbonyl (C=O) groups excluding carboxylic acids is 2. The van der Waals surface area contributed by atoms with Crippen LogP contribution in [0.4, 0.5) is 0 Å². The van der Waals surface area contributed by atoms with Crippen LogP contribution in [0.25, 0.3) is 0 Å². The minimum atomic E-state index is -3.69. The lowest BCUT2D eigenvalue weighted by atomic mass is 10.2. The second-order valence-electron chi connectivity index (χ2n) is 5.99. The number of carbonyl (C=O) groups is 2. The molecule has 0 aliphatic heterocycles. The highest BCUT2D eigenvalue weighted by atomic mass is 32.2. The van der Waals surface area contributed by atoms with Crippen molar-refractivity contribution in [1.29, 1.82) is 0 Å². The van der Waals surface area contributed by atoms with E-state index >= 15 is 0 Å². The summed E-state index contributed by atoms with van der Waals surface area (Å²) in [5.74, 6) is -0.608. The Labute approximate surface area is 170 Å². The lowest BCUT2D eigenvalue weighted by molar-refractivity contribution is 0.0846. The molecule has 0 saturated heterocycles. The molecule has 2 rings (SSSR count). The van der Waals surface area contributed by atoms with Crippen molar-refractivity contribution in [2.24, 2.45) is 0 Å². The number of rotatable bonds is 8. The van der Waals surface area contributed by atoms with Crippen molar-refractivity contribution in [2.75, 3.05) is 19.7 Å². The Hall–Kier alpha value is -2.91. The average Bonchev–Trinajstić information content (AvgIpc) is 2.73. The molecule has 29 heavy (non-hydrogen) atoms. The molecule has 156 valence electrons. The van der Waals surface area contributed by atoms with Gasteiger partial charge < -0.3 is 4.74 Å². The highest BCUT2D eigenvalue weighted by molar-refractivity contribution is 7.89. The van der Waals surface area contributed by atoms with Gasteiger partial charge in [0.15, 0.2) is 0 Å². The Morgan fingerprint density at radius 3 is 2.00 bits per heavy atom. The number of nitrogens with zero attached hydrogens (tertiary/aromatic N) is 1. The molecule has 0 fully saturated rings. The SMILES string of the molecule is CCOc1cccc(C(=O)NNC(=O)c2cccc(S(=O)(=O)N(CC)CC)c2)c1. The van der Waals surface area contributed by atoms with Crippen LogP contribution in [0.1, 0.15) is 41.5 Å². The van der Waals surface area contributed by atoms with Crippen molar-refractivity contribution >= 4 is 21.8 Å². The Kier molecular flexibility index (Phi) is 7.74. The number of amides is 2. The average molecular weight is 420 g/mol. The molecular formula is C20H25N3O5S. The van der Waals surface area contributed by atoms with Crippen LogP contribution in [-0.4, -0.2) is 44.2 Å². The largest absolute Gasteiger partial charge is 0.494 e. The molecule has 0 spiro atoms. The quantitative estimate of drug-likeness (QED) is 0.638. The fraction of sp³-hybridized carbons (Fsp3) is 0.300. The summed E-state index contributed by atoms with van der Waals surface area (Å²) < 4.78 is 31.9. The summed E-state index contributed by atoms with van der Waals surface area (Å²) in [5, 5.41) is 0. The fourth-order valence-electron chi connectivity index (χ4n) is 2.66. The van der Waals surface area contributed by atoms with Gasteiger partial charge in [0.05, 0.1) is 11.5 Å². The van der Waals surface area contributed by atoms with Crippen molar-refractivity contribution in [3.63, 3.8) is 0 Å². The zero-order valence-corrected chi connectivity index (χ0v) is 17.5. The third-order valence-electron chi connectivity index (χ3n) is 4.14. The molecule has 8 nitrogen and oxygen atoms in total. The van der Waals surface area contributed by atoms with E-state index in [1.165, 1.54) is 28.6 Å². The van der Waals surface area contributed by atoms with E-state index in [4.69, 9.17) is 4.74 Å². The molecule has 0 aromatic heterocycles. The molecule has 0 heterocycles. The van der Waals surface area contributed by atoms with Gasteiger partial charge in [-0.15, -0.1) is 0 Å². The monoisotopic (exact) mass is 419 g/mol. The second-order valence-corrected chi connectivity index (χ2v) is 7.92. The number of benzene rings is 2. The predicted octanol–water partition coefficient (Wildman–Crippen LogP) is 2.19. The van der Waals surface area contributed by atoms with Crippen LogP contribution in [0.5, 0.6) is 5.75 Å². The molecule has 9 heteroatoms. The molecule has 2 aromatic carbocycles. The number of nitrogens with one attached hydrogen (secondary N) is 2. The summed E-state index contributed by atoms with van der Waals surface area (Å²) in [6.45, 7) is 6.44. The standard InChI is InChI=1S/C20H25N3O5S/c1-4-23(5-2)29(26,27)18-12-8-10-16(14-18)20(25)22-21-19(24)15-9-7-11-17(13-15)28-6-3/h7-14H,4-6H2,1-3H3,(H,21,24)(H,22,25). The van der Waals surface area contributed by atoms with E-state index < -0.39 is 21.8 Å². The van der Waals surface area contributed by atoms with Crippen molar-refractivity contribution < 1.29 is 22.7 Å². The first-order chi connectivity index (χ1) is 13.8. The van der Waals surface area contributed by atoms with Crippen LogP contribution in [0.15, 0.2) is 53.4 Å². The summed E-state index contributed by atoms with van der Waals surface area (Å²) in [6.07, 6.45) is 0. The zero-order valence-electron chi connectivity index (χ0n) is 16.6. The lowest BCUT2D eigenvalue weighted by Crippen LogP contribution is -2.41. The third-order valence-corrected chi connectivity index (χ3v) is 6.18. The van der Waals surface area contributed by atoms with E-state index in [2.05, 4.69) is 10.9 Å². The minimum absolute atomic E-state index is 0.0181. The topological polar surface area (TPSA) is 105 Å². The lowest BCUT2D eigenvalue weighted by Gasteiger charge is -2.18. The molecule has 2 amide bonds. The van der Waals surface area contributed by atoms with E-state index in [0.29, 0.717) is 31.0 Å². The first-order valence-corrected chi connectivity index (χ1v) is 10.7. The van der Waals surface area contributed by atoms with Crippen LogP contribution >= 0.6 is 0 Å². The first kappa shape index (κ1) is 22.4. The Bertz CT molecular complexity index is 972. The van der Waals surface area contributed by atoms with E-state index in [1.807, 2.05) is 6.92 Å². The molecular weight excluding hydrogens is 394 g/mol. The number of sulfonamides is 1. The van der Waals surface area contributed by atoms with Crippen LogP contribution in [-0.2, 0) is 10.0 Å². The highest BCUT2D eigenvalue weighted by Gasteiger charge is 2.22. The van der Waals surface area contributed by atoms with Gasteiger partial charge in [0.25, 0.3) is 11.8 Å². The van der Waals surface area contributed by atoms with Gasteiger partial charge in [-0.05, 0) is 43.3 Å². The van der Waals surface area contributed by atoms with Crippen LogP contribution in [0, 0.1) is 0 Å². The molecule has 2 N–H and O–H groups in total. The van der Waals surface area contributed by atoms with Gasteiger partial charge in [0.2, 0.25) is 10.0 Å². The molecule has 0 aliphatic rings. The summed E-state index contributed by atoms with van der Waals surface area (Å²) in [4.78, 5) is 24.6. The van der Waals surface area contributed by atoms with E-state index in [9.17, 15) is 18.0 Å². The van der Waals surface area contributed by atoms with Crippen molar-refractivity contribution in [2.45, 2.75) is 25.7 Å². The maximum absolute atomic E-state index is 12.6. The number of ether oxygens (including phenoxy) is 1. The Balaban J connectivity index is 2.10. The zero-order chi connectivity index (χ0) is 21.4. The molecule has 0 aliphatic carbocycles. The molecule has 0 saturated carbocycles. The molecule has 0 atom stereocenters. The normalized spacial score (nSPS) is 11.2. The van der Waals surface area contributed by atoms with E-state index in [0.717, 1.165) is 0 Å². The van der Waals surface area contributed by atoms with Gasteiger partial charge in [-0.3, -0.25) is 20.4 Å². The number of hydrazine groups is 1. The van der Waals surface area contributed by atoms with Gasteiger partial charge >= 0.3 is 0 Å². The third kappa shape index (κ3) is 5.55. The fourth-order valence-corrected chi connectivity index (χ4v) is 4.17. The second kappa shape index (κ2) is 10.0. The van der Waals surface area contributed by atoms with E-state index in [-0.39, 0.29) is 10.5 Å². The summed E-state index contributed by atoms with van der Waals surface area (Å²) >= 11 is 0. The smallest absolute Gasteiger partial charge is 0.269 e. The van der Waals surface area contributed by atoms with Crippen molar-refractivity contribution in [1.82, 2.24) is 15.2 Å². The maximum Gasteiger partial charge on any atom is 0.269 e. The maximum atomic E-state index is 12.6. The number of hydrogen-bond acceptors (Lipinski definition) is 5. The Morgan fingerprint density at radius 2 is 1.45 bits per heavy atom. The van der Waals surface area contributed by atoms with Crippen LogP contribution in [0.2, 0.25) is 0 Å². The molecule has 2 aromatic rings. The van der Waals surface area contributed by atoms with Crippen LogP contribution < -0.4 is 15.6 Å². The summed E-state index contributed by atoms with van der Waals surface area (Å²) in [6, 6.07) is 12.2. The molecule has 0 bridgehead atoms. The summed E-state index contributed by atoms with van der Waals surface area (Å²) in [7, 11) is -3.69. The van der Waals surface area contributed by atoms with Crippen molar-refractivity contribution in [3.05, 3.63) is 59.7 Å². The molecule has 0 radical (unpaired) electrons. The van der Waals surface area contributed by atoms with Gasteiger partial charge in [-0.2, -0.15) is 4.31 Å². The summed E-state index contributed by atoms with van der Waals surface area (Å²) in [5.41, 5.74) is 5.04. The molecule has 0 unspecified atom stereocenters. The van der Waals surface area contributed by atoms with Gasteiger partial charge in [-0.25, -0.2) is 8.42 Å². The van der Waals surface area contributed by atoms with Gasteiger partial charge in [0, 0.05) is 24.2 Å².